The number of likely N-dealkylation sites (N-methyl/N-ethyl adjacent to an activating group) is 1. The number of ether oxygens (including phenoxy) is 1. The number of carbonyl (C=O) groups excluding carboxylic acids is 3. The Kier molecular flexibility index (Phi) is 9.17. The first-order valence-corrected chi connectivity index (χ1v) is 13.3. The zero-order valence-electron chi connectivity index (χ0n) is 21.7. The molecule has 0 radical (unpaired) electrons. The van der Waals surface area contributed by atoms with Crippen LogP contribution < -0.4 is 20.7 Å². The van der Waals surface area contributed by atoms with Crippen molar-refractivity contribution in [2.45, 2.75) is 57.2 Å². The van der Waals surface area contributed by atoms with Gasteiger partial charge in [-0.25, -0.2) is 0 Å². The second-order valence-corrected chi connectivity index (χ2v) is 10.00. The van der Waals surface area contributed by atoms with Crippen molar-refractivity contribution in [1.82, 2.24) is 20.9 Å². The number of rotatable bonds is 3. The van der Waals surface area contributed by atoms with Crippen LogP contribution in [0, 0.1) is 5.92 Å². The van der Waals surface area contributed by atoms with Crippen LogP contribution in [0.15, 0.2) is 54.6 Å². The standard InChI is InChI=1S/C29H38N4O4/c1-20-27(34)32-24(19-21-9-4-3-5-10-21)28(35)31-16-8-12-22-11-6-7-13-25(22)37-18-17-30-26(23-14-15-23)29(36)33(20)2/h3-7,9-11,13,20,23-24,26,30H,8,12,14-19H2,1-2H3,(H,31,35)(H,32,34)/t20-,24-,26+/m1/s1. The molecule has 0 aromatic heterocycles. The van der Waals surface area contributed by atoms with Gasteiger partial charge in [-0.1, -0.05) is 48.5 Å². The van der Waals surface area contributed by atoms with Gasteiger partial charge in [0, 0.05) is 26.6 Å². The van der Waals surface area contributed by atoms with Crippen molar-refractivity contribution in [2.24, 2.45) is 5.92 Å². The van der Waals surface area contributed by atoms with Crippen LogP contribution in [0.25, 0.3) is 0 Å². The minimum absolute atomic E-state index is 0.115. The zero-order valence-corrected chi connectivity index (χ0v) is 21.7. The molecule has 3 amide bonds. The van der Waals surface area contributed by atoms with Gasteiger partial charge in [0.15, 0.2) is 0 Å². The Morgan fingerprint density at radius 2 is 1.68 bits per heavy atom. The summed E-state index contributed by atoms with van der Waals surface area (Å²) < 4.78 is 6.05. The van der Waals surface area contributed by atoms with Gasteiger partial charge in [0.1, 0.15) is 24.4 Å². The highest BCUT2D eigenvalue weighted by molar-refractivity contribution is 5.93. The largest absolute Gasteiger partial charge is 0.492 e. The maximum Gasteiger partial charge on any atom is 0.243 e. The molecule has 2 aliphatic rings. The number of aryl methyl sites for hydroxylation is 1. The van der Waals surface area contributed by atoms with E-state index in [1.165, 1.54) is 4.90 Å². The predicted molar refractivity (Wildman–Crippen MR) is 142 cm³/mol. The summed E-state index contributed by atoms with van der Waals surface area (Å²) >= 11 is 0. The molecule has 1 aliphatic heterocycles. The van der Waals surface area contributed by atoms with E-state index in [-0.39, 0.29) is 29.7 Å². The fourth-order valence-electron chi connectivity index (χ4n) is 4.66. The van der Waals surface area contributed by atoms with E-state index in [2.05, 4.69) is 16.0 Å². The lowest BCUT2D eigenvalue weighted by atomic mass is 10.0. The van der Waals surface area contributed by atoms with Crippen LogP contribution in [0.3, 0.4) is 0 Å². The van der Waals surface area contributed by atoms with Crippen molar-refractivity contribution >= 4 is 17.7 Å². The number of hydrogen-bond donors (Lipinski definition) is 3. The third kappa shape index (κ3) is 7.32. The Morgan fingerprint density at radius 1 is 0.946 bits per heavy atom. The Morgan fingerprint density at radius 3 is 2.43 bits per heavy atom. The van der Waals surface area contributed by atoms with Crippen LogP contribution in [0.2, 0.25) is 0 Å². The molecular formula is C29H38N4O4. The average Bonchev–Trinajstić information content (AvgIpc) is 3.75. The summed E-state index contributed by atoms with van der Waals surface area (Å²) in [6.45, 7) is 3.15. The third-order valence-corrected chi connectivity index (χ3v) is 7.20. The van der Waals surface area contributed by atoms with Gasteiger partial charge < -0.3 is 25.6 Å². The van der Waals surface area contributed by atoms with Crippen molar-refractivity contribution in [3.63, 3.8) is 0 Å². The molecular weight excluding hydrogens is 468 g/mol. The van der Waals surface area contributed by atoms with E-state index in [4.69, 9.17) is 4.74 Å². The van der Waals surface area contributed by atoms with Crippen molar-refractivity contribution < 1.29 is 19.1 Å². The SMILES string of the molecule is C[C@@H]1C(=O)N[C@H](Cc2ccccc2)C(=O)NCCCc2ccccc2OCCN[C@@H](C2CC2)C(=O)N1C. The summed E-state index contributed by atoms with van der Waals surface area (Å²) in [6, 6.07) is 15.7. The number of amides is 3. The average molecular weight is 507 g/mol. The Bertz CT molecular complexity index is 1070. The zero-order chi connectivity index (χ0) is 26.2. The fourth-order valence-corrected chi connectivity index (χ4v) is 4.66. The highest BCUT2D eigenvalue weighted by Gasteiger charge is 2.39. The van der Waals surface area contributed by atoms with Crippen LogP contribution in [0.4, 0.5) is 0 Å². The molecule has 37 heavy (non-hydrogen) atoms. The minimum Gasteiger partial charge on any atom is -0.492 e. The molecule has 8 heteroatoms. The molecule has 0 unspecified atom stereocenters. The van der Waals surface area contributed by atoms with E-state index < -0.39 is 12.1 Å². The highest BCUT2D eigenvalue weighted by atomic mass is 16.5. The molecule has 198 valence electrons. The number of nitrogens with zero attached hydrogens (tertiary/aromatic N) is 1. The summed E-state index contributed by atoms with van der Waals surface area (Å²) in [7, 11) is 1.65. The van der Waals surface area contributed by atoms with Crippen molar-refractivity contribution in [1.29, 1.82) is 0 Å². The second-order valence-electron chi connectivity index (χ2n) is 10.00. The van der Waals surface area contributed by atoms with Gasteiger partial charge >= 0.3 is 0 Å². The Balaban J connectivity index is 1.54. The monoisotopic (exact) mass is 506 g/mol. The number of nitrogens with one attached hydrogen (secondary N) is 3. The number of para-hydroxylation sites is 1. The second kappa shape index (κ2) is 12.7. The van der Waals surface area contributed by atoms with Gasteiger partial charge in [-0.05, 0) is 55.7 Å². The Hall–Kier alpha value is -3.39. The Labute approximate surface area is 219 Å². The normalized spacial score (nSPS) is 24.6. The lowest BCUT2D eigenvalue weighted by molar-refractivity contribution is -0.141. The van der Waals surface area contributed by atoms with Gasteiger partial charge in [-0.3, -0.25) is 14.4 Å². The van der Waals surface area contributed by atoms with Crippen LogP contribution >= 0.6 is 0 Å². The molecule has 1 saturated carbocycles. The summed E-state index contributed by atoms with van der Waals surface area (Å²) in [5.74, 6) is 0.392. The molecule has 3 N–H and O–H groups in total. The van der Waals surface area contributed by atoms with E-state index in [9.17, 15) is 14.4 Å². The maximum absolute atomic E-state index is 13.4. The maximum atomic E-state index is 13.4. The van der Waals surface area contributed by atoms with Gasteiger partial charge in [-0.2, -0.15) is 0 Å². The minimum atomic E-state index is -0.743. The van der Waals surface area contributed by atoms with Crippen molar-refractivity contribution in [3.8, 4) is 5.75 Å². The summed E-state index contributed by atoms with van der Waals surface area (Å²) in [6.07, 6.45) is 3.84. The molecule has 1 aliphatic carbocycles. The highest BCUT2D eigenvalue weighted by Crippen LogP contribution is 2.33. The molecule has 0 spiro atoms. The van der Waals surface area contributed by atoms with Crippen LogP contribution in [0.5, 0.6) is 5.75 Å². The number of hydrogen-bond acceptors (Lipinski definition) is 5. The van der Waals surface area contributed by atoms with Crippen LogP contribution in [-0.2, 0) is 27.2 Å². The van der Waals surface area contributed by atoms with E-state index in [0.717, 1.165) is 42.6 Å². The van der Waals surface area contributed by atoms with Gasteiger partial charge in [0.2, 0.25) is 17.7 Å². The summed E-state index contributed by atoms with van der Waals surface area (Å²) in [5.41, 5.74) is 2.03. The summed E-state index contributed by atoms with van der Waals surface area (Å²) in [5, 5.41) is 9.27. The molecule has 2 aromatic rings. The van der Waals surface area contributed by atoms with Gasteiger partial charge in [-0.15, -0.1) is 0 Å². The van der Waals surface area contributed by atoms with Gasteiger partial charge in [0.25, 0.3) is 0 Å². The first kappa shape index (κ1) is 26.7. The molecule has 4 rings (SSSR count). The molecule has 8 nitrogen and oxygen atoms in total. The lowest BCUT2D eigenvalue weighted by Crippen LogP contribution is -2.56. The van der Waals surface area contributed by atoms with E-state index in [1.54, 1.807) is 14.0 Å². The number of fused-ring (bicyclic) bond motifs is 1. The molecule has 0 saturated heterocycles. The van der Waals surface area contributed by atoms with E-state index in [1.807, 2.05) is 54.6 Å². The first-order valence-electron chi connectivity index (χ1n) is 13.3. The number of carbonyl (C=O) groups is 3. The topological polar surface area (TPSA) is 99.8 Å². The fraction of sp³-hybridized carbons (Fsp3) is 0.483. The molecule has 0 bridgehead atoms. The summed E-state index contributed by atoms with van der Waals surface area (Å²) in [4.78, 5) is 41.2. The number of benzene rings is 2. The quantitative estimate of drug-likeness (QED) is 0.592. The van der Waals surface area contributed by atoms with Gasteiger partial charge in [0.05, 0.1) is 6.04 Å². The third-order valence-electron chi connectivity index (χ3n) is 7.20. The smallest absolute Gasteiger partial charge is 0.243 e. The van der Waals surface area contributed by atoms with E-state index in [0.29, 0.717) is 26.1 Å². The van der Waals surface area contributed by atoms with Crippen molar-refractivity contribution in [2.75, 3.05) is 26.7 Å². The lowest BCUT2D eigenvalue weighted by Gasteiger charge is -2.30. The molecule has 2 aromatic carbocycles. The van der Waals surface area contributed by atoms with Crippen LogP contribution in [0.1, 0.15) is 37.3 Å². The van der Waals surface area contributed by atoms with Crippen LogP contribution in [-0.4, -0.2) is 67.5 Å². The first-order chi connectivity index (χ1) is 17.9. The molecule has 3 atom stereocenters. The molecule has 1 fully saturated rings. The molecule has 1 heterocycles. The van der Waals surface area contributed by atoms with E-state index >= 15 is 0 Å². The van der Waals surface area contributed by atoms with Crippen molar-refractivity contribution in [3.05, 3.63) is 65.7 Å². The predicted octanol–water partition coefficient (Wildman–Crippen LogP) is 2.07.